The molecule has 0 aromatic carbocycles. The van der Waals surface area contributed by atoms with Gasteiger partial charge in [0.1, 0.15) is 0 Å². The Morgan fingerprint density at radius 1 is 1.50 bits per heavy atom. The fraction of sp³-hybridized carbons (Fsp3) is 0.375. The average molecular weight is 154 g/mol. The summed E-state index contributed by atoms with van der Waals surface area (Å²) in [5, 5.41) is 0. The molecule has 0 unspecified atom stereocenters. The van der Waals surface area contributed by atoms with E-state index in [1.165, 1.54) is 0 Å². The highest BCUT2D eigenvalue weighted by Crippen LogP contribution is 2.24. The first-order valence-corrected chi connectivity index (χ1v) is 3.78. The van der Waals surface area contributed by atoms with E-state index in [-0.39, 0.29) is 5.78 Å². The van der Waals surface area contributed by atoms with Crippen molar-refractivity contribution in [2.24, 2.45) is 0 Å². The molecule has 2 heteroatoms. The molecule has 0 fully saturated rings. The fourth-order valence-electron chi connectivity index (χ4n) is 1.08. The van der Waals surface area contributed by atoms with Crippen LogP contribution in [0.3, 0.4) is 0 Å². The Morgan fingerprint density at radius 2 is 2.20 bits per heavy atom. The number of rotatable bonds is 1. The molecule has 10 heavy (non-hydrogen) atoms. The lowest BCUT2D eigenvalue weighted by Crippen LogP contribution is -2.07. The minimum atomic E-state index is 0.186. The van der Waals surface area contributed by atoms with E-state index in [0.717, 1.165) is 23.3 Å². The summed E-state index contributed by atoms with van der Waals surface area (Å²) in [6.07, 6.45) is 4.13. The van der Waals surface area contributed by atoms with Crippen LogP contribution in [0.1, 0.15) is 19.3 Å². The maximum Gasteiger partial charge on any atom is 0.163 e. The van der Waals surface area contributed by atoms with Crippen molar-refractivity contribution >= 4 is 18.4 Å². The van der Waals surface area contributed by atoms with Crippen LogP contribution < -0.4 is 0 Å². The lowest BCUT2D eigenvalue weighted by atomic mass is 9.98. The smallest absolute Gasteiger partial charge is 0.163 e. The largest absolute Gasteiger partial charge is 0.294 e. The van der Waals surface area contributed by atoms with E-state index in [9.17, 15) is 4.79 Å². The average Bonchev–Trinajstić information content (AvgIpc) is 1.88. The summed E-state index contributed by atoms with van der Waals surface area (Å²) in [7, 11) is 0. The molecular weight excluding hydrogens is 144 g/mol. The maximum absolute atomic E-state index is 11.1. The summed E-state index contributed by atoms with van der Waals surface area (Å²) >= 11 is 4.18. The van der Waals surface area contributed by atoms with Gasteiger partial charge in [-0.25, -0.2) is 0 Å². The zero-order valence-electron chi connectivity index (χ0n) is 5.76. The van der Waals surface area contributed by atoms with Crippen LogP contribution in [0.15, 0.2) is 23.1 Å². The van der Waals surface area contributed by atoms with Crippen LogP contribution in [0.5, 0.6) is 0 Å². The summed E-state index contributed by atoms with van der Waals surface area (Å²) < 4.78 is 0. The zero-order valence-corrected chi connectivity index (χ0v) is 6.66. The topological polar surface area (TPSA) is 17.1 Å². The molecule has 0 heterocycles. The summed E-state index contributed by atoms with van der Waals surface area (Å²) in [5.74, 6) is 0.186. The van der Waals surface area contributed by atoms with E-state index >= 15 is 0 Å². The van der Waals surface area contributed by atoms with Crippen LogP contribution in [0.25, 0.3) is 0 Å². The molecule has 0 atom stereocenters. The van der Waals surface area contributed by atoms with Gasteiger partial charge in [0.05, 0.1) is 0 Å². The Morgan fingerprint density at radius 3 is 2.60 bits per heavy atom. The predicted octanol–water partition coefficient (Wildman–Crippen LogP) is 2.11. The van der Waals surface area contributed by atoms with Crippen molar-refractivity contribution in [2.75, 3.05) is 0 Å². The standard InChI is InChI=1S/C8H10OS/c1-2-6-7(9)4-3-5-8(6)10/h2,10H,1,3-5H2. The summed E-state index contributed by atoms with van der Waals surface area (Å²) in [4.78, 5) is 12.0. The molecule has 1 aliphatic carbocycles. The molecule has 1 nitrogen and oxygen atoms in total. The Balaban J connectivity index is 2.94. The highest BCUT2D eigenvalue weighted by atomic mass is 32.1. The molecule has 0 saturated carbocycles. The number of carbonyl (C=O) groups is 1. The number of hydrogen-bond acceptors (Lipinski definition) is 2. The van der Waals surface area contributed by atoms with Gasteiger partial charge in [0.15, 0.2) is 5.78 Å². The van der Waals surface area contributed by atoms with Gasteiger partial charge in [-0.05, 0) is 17.7 Å². The summed E-state index contributed by atoms with van der Waals surface area (Å²) in [6.45, 7) is 3.56. The molecule has 0 bridgehead atoms. The minimum Gasteiger partial charge on any atom is -0.294 e. The second-order valence-corrected chi connectivity index (χ2v) is 2.88. The van der Waals surface area contributed by atoms with Crippen molar-refractivity contribution in [2.45, 2.75) is 19.3 Å². The number of allylic oxidation sites excluding steroid dienone is 3. The molecule has 54 valence electrons. The molecule has 0 amide bonds. The van der Waals surface area contributed by atoms with Gasteiger partial charge in [-0.2, -0.15) is 0 Å². The lowest BCUT2D eigenvalue weighted by Gasteiger charge is -2.11. The van der Waals surface area contributed by atoms with Crippen molar-refractivity contribution < 1.29 is 4.79 Å². The lowest BCUT2D eigenvalue weighted by molar-refractivity contribution is -0.115. The Hall–Kier alpha value is -0.500. The molecule has 0 aromatic rings. The number of Topliss-reactive ketones (excluding diaryl/α,β-unsaturated/α-hetero) is 1. The second-order valence-electron chi connectivity index (χ2n) is 2.34. The zero-order chi connectivity index (χ0) is 7.56. The van der Waals surface area contributed by atoms with Crippen LogP contribution in [-0.4, -0.2) is 5.78 Å². The van der Waals surface area contributed by atoms with Gasteiger partial charge in [-0.3, -0.25) is 4.79 Å². The first kappa shape index (κ1) is 7.61. The SMILES string of the molecule is C=CC1=C(S)CCCC1=O. The Labute approximate surface area is 66.2 Å². The third kappa shape index (κ3) is 1.32. The van der Waals surface area contributed by atoms with Crippen molar-refractivity contribution in [3.05, 3.63) is 23.1 Å². The first-order valence-electron chi connectivity index (χ1n) is 3.33. The van der Waals surface area contributed by atoms with Crippen LogP contribution >= 0.6 is 12.6 Å². The van der Waals surface area contributed by atoms with Crippen molar-refractivity contribution in [1.82, 2.24) is 0 Å². The van der Waals surface area contributed by atoms with Gasteiger partial charge >= 0.3 is 0 Å². The van der Waals surface area contributed by atoms with E-state index in [1.54, 1.807) is 6.08 Å². The van der Waals surface area contributed by atoms with E-state index in [0.29, 0.717) is 6.42 Å². The highest BCUT2D eigenvalue weighted by Gasteiger charge is 2.14. The number of thiol groups is 1. The van der Waals surface area contributed by atoms with Gasteiger partial charge in [-0.1, -0.05) is 12.7 Å². The highest BCUT2D eigenvalue weighted by molar-refractivity contribution is 7.84. The number of hydrogen-bond donors (Lipinski definition) is 1. The number of ketones is 1. The van der Waals surface area contributed by atoms with Crippen molar-refractivity contribution in [3.8, 4) is 0 Å². The predicted molar refractivity (Wildman–Crippen MR) is 45.1 cm³/mol. The maximum atomic E-state index is 11.1. The Kier molecular flexibility index (Phi) is 2.33. The van der Waals surface area contributed by atoms with E-state index < -0.39 is 0 Å². The van der Waals surface area contributed by atoms with Gasteiger partial charge in [-0.15, -0.1) is 12.6 Å². The molecule has 0 aliphatic heterocycles. The quantitative estimate of drug-likeness (QED) is 0.572. The van der Waals surface area contributed by atoms with E-state index in [2.05, 4.69) is 19.2 Å². The van der Waals surface area contributed by atoms with Crippen LogP contribution in [-0.2, 0) is 4.79 Å². The third-order valence-electron chi connectivity index (χ3n) is 1.63. The summed E-state index contributed by atoms with van der Waals surface area (Å²) in [6, 6.07) is 0. The monoisotopic (exact) mass is 154 g/mol. The number of carbonyl (C=O) groups excluding carboxylic acids is 1. The Bertz CT molecular complexity index is 203. The van der Waals surface area contributed by atoms with Gasteiger partial charge in [0.25, 0.3) is 0 Å². The normalized spacial score (nSPS) is 19.5. The van der Waals surface area contributed by atoms with Crippen LogP contribution in [0, 0.1) is 0 Å². The van der Waals surface area contributed by atoms with Gasteiger partial charge in [0, 0.05) is 12.0 Å². The third-order valence-corrected chi connectivity index (χ3v) is 2.10. The van der Waals surface area contributed by atoms with Crippen LogP contribution in [0.2, 0.25) is 0 Å². The van der Waals surface area contributed by atoms with Crippen molar-refractivity contribution in [1.29, 1.82) is 0 Å². The molecule has 0 N–H and O–H groups in total. The van der Waals surface area contributed by atoms with E-state index in [4.69, 9.17) is 0 Å². The second kappa shape index (κ2) is 3.06. The molecular formula is C8H10OS. The minimum absolute atomic E-state index is 0.186. The van der Waals surface area contributed by atoms with Gasteiger partial charge in [0.2, 0.25) is 0 Å². The van der Waals surface area contributed by atoms with Crippen molar-refractivity contribution in [3.63, 3.8) is 0 Å². The molecule has 0 saturated heterocycles. The molecule has 0 radical (unpaired) electrons. The molecule has 0 aromatic heterocycles. The fourth-order valence-corrected chi connectivity index (χ4v) is 1.45. The van der Waals surface area contributed by atoms with E-state index in [1.807, 2.05) is 0 Å². The first-order chi connectivity index (χ1) is 4.75. The summed E-state index contributed by atoms with van der Waals surface area (Å²) in [5.41, 5.74) is 0.717. The van der Waals surface area contributed by atoms with Gasteiger partial charge < -0.3 is 0 Å². The van der Waals surface area contributed by atoms with Crippen LogP contribution in [0.4, 0.5) is 0 Å². The molecule has 1 rings (SSSR count). The molecule has 1 aliphatic rings. The molecule has 0 spiro atoms.